The SMILES string of the molecule is CCCCCCCCCCCCCCCCc1ncccc1C.Cl. The molecule has 0 aromatic carbocycles. The Morgan fingerprint density at radius 3 is 1.62 bits per heavy atom. The molecule has 0 spiro atoms. The average molecular weight is 354 g/mol. The summed E-state index contributed by atoms with van der Waals surface area (Å²) >= 11 is 0. The van der Waals surface area contributed by atoms with Crippen molar-refractivity contribution in [3.05, 3.63) is 29.6 Å². The van der Waals surface area contributed by atoms with Gasteiger partial charge in [0.2, 0.25) is 0 Å². The van der Waals surface area contributed by atoms with Gasteiger partial charge in [0.25, 0.3) is 0 Å². The van der Waals surface area contributed by atoms with Gasteiger partial charge in [-0.05, 0) is 31.4 Å². The van der Waals surface area contributed by atoms with Crippen molar-refractivity contribution in [2.75, 3.05) is 0 Å². The van der Waals surface area contributed by atoms with Crippen LogP contribution in [0, 0.1) is 6.92 Å². The molecule has 0 N–H and O–H groups in total. The fourth-order valence-electron chi connectivity index (χ4n) is 3.27. The Balaban J connectivity index is 0.00000529. The van der Waals surface area contributed by atoms with E-state index in [0.29, 0.717) is 0 Å². The van der Waals surface area contributed by atoms with Crippen LogP contribution in [0.4, 0.5) is 0 Å². The van der Waals surface area contributed by atoms with E-state index < -0.39 is 0 Å². The normalized spacial score (nSPS) is 10.6. The van der Waals surface area contributed by atoms with Crippen molar-refractivity contribution in [2.45, 2.75) is 110 Å². The lowest BCUT2D eigenvalue weighted by molar-refractivity contribution is 0.535. The Morgan fingerprint density at radius 2 is 1.17 bits per heavy atom. The molecule has 0 radical (unpaired) electrons. The monoisotopic (exact) mass is 353 g/mol. The van der Waals surface area contributed by atoms with Crippen molar-refractivity contribution < 1.29 is 0 Å². The number of nitrogens with zero attached hydrogens (tertiary/aromatic N) is 1. The molecule has 0 amide bonds. The van der Waals surface area contributed by atoms with Crippen molar-refractivity contribution in [3.63, 3.8) is 0 Å². The van der Waals surface area contributed by atoms with Crippen LogP contribution >= 0.6 is 12.4 Å². The highest BCUT2D eigenvalue weighted by atomic mass is 35.5. The van der Waals surface area contributed by atoms with E-state index in [9.17, 15) is 0 Å². The number of pyridine rings is 1. The predicted octanol–water partition coefficient (Wildman–Crippen LogP) is 7.84. The van der Waals surface area contributed by atoms with E-state index in [-0.39, 0.29) is 12.4 Å². The predicted molar refractivity (Wildman–Crippen MR) is 110 cm³/mol. The Labute approximate surface area is 157 Å². The van der Waals surface area contributed by atoms with Crippen molar-refractivity contribution in [2.24, 2.45) is 0 Å². The van der Waals surface area contributed by atoms with Gasteiger partial charge in [0.05, 0.1) is 0 Å². The van der Waals surface area contributed by atoms with E-state index in [1.165, 1.54) is 101 Å². The number of hydrogen-bond donors (Lipinski definition) is 0. The smallest absolute Gasteiger partial charge is 0.0432 e. The first-order valence-corrected chi connectivity index (χ1v) is 10.2. The van der Waals surface area contributed by atoms with E-state index >= 15 is 0 Å². The summed E-state index contributed by atoms with van der Waals surface area (Å²) in [5, 5.41) is 0. The Bertz CT molecular complexity index is 378. The standard InChI is InChI=1S/C22H39N.ClH/c1-3-4-5-6-7-8-9-10-11-12-13-14-15-16-19-22-21(2)18-17-20-23-22;/h17-18,20H,3-16,19H2,1-2H3;1H. The van der Waals surface area contributed by atoms with Gasteiger partial charge in [0.1, 0.15) is 0 Å². The van der Waals surface area contributed by atoms with Gasteiger partial charge in [-0.25, -0.2) is 0 Å². The molecule has 0 saturated heterocycles. The van der Waals surface area contributed by atoms with Gasteiger partial charge in [-0.1, -0.05) is 96.5 Å². The van der Waals surface area contributed by atoms with Crippen LogP contribution in [-0.4, -0.2) is 4.98 Å². The number of aromatic nitrogens is 1. The first kappa shape index (κ1) is 23.4. The van der Waals surface area contributed by atoms with Gasteiger partial charge in [0.15, 0.2) is 0 Å². The van der Waals surface area contributed by atoms with Crippen molar-refractivity contribution in [3.8, 4) is 0 Å². The van der Waals surface area contributed by atoms with E-state index in [1.807, 2.05) is 12.3 Å². The van der Waals surface area contributed by atoms with Crippen LogP contribution in [0.15, 0.2) is 18.3 Å². The minimum Gasteiger partial charge on any atom is -0.261 e. The molecule has 0 unspecified atom stereocenters. The third kappa shape index (κ3) is 12.8. The zero-order valence-corrected chi connectivity index (χ0v) is 17.0. The Hall–Kier alpha value is -0.560. The summed E-state index contributed by atoms with van der Waals surface area (Å²) in [6.45, 7) is 4.46. The van der Waals surface area contributed by atoms with Crippen molar-refractivity contribution in [1.29, 1.82) is 0 Å². The molecule has 1 heterocycles. The maximum absolute atomic E-state index is 4.48. The lowest BCUT2D eigenvalue weighted by Crippen LogP contribution is -1.93. The summed E-state index contributed by atoms with van der Waals surface area (Å²) in [7, 11) is 0. The molecule has 0 saturated carbocycles. The zero-order chi connectivity index (χ0) is 16.6. The second-order valence-corrected chi connectivity index (χ2v) is 7.11. The lowest BCUT2D eigenvalue weighted by Gasteiger charge is -2.05. The molecule has 24 heavy (non-hydrogen) atoms. The van der Waals surface area contributed by atoms with Crippen LogP contribution in [0.25, 0.3) is 0 Å². The minimum atomic E-state index is 0. The Kier molecular flexibility index (Phi) is 16.9. The molecule has 2 heteroatoms. The molecule has 140 valence electrons. The molecule has 1 aromatic heterocycles. The van der Waals surface area contributed by atoms with Gasteiger partial charge in [-0.3, -0.25) is 4.98 Å². The van der Waals surface area contributed by atoms with Crippen LogP contribution in [0.1, 0.15) is 108 Å². The van der Waals surface area contributed by atoms with Crippen LogP contribution in [0.5, 0.6) is 0 Å². The number of halogens is 1. The van der Waals surface area contributed by atoms with Gasteiger partial charge in [0, 0.05) is 11.9 Å². The van der Waals surface area contributed by atoms with E-state index in [4.69, 9.17) is 0 Å². The maximum Gasteiger partial charge on any atom is 0.0432 e. The molecular weight excluding hydrogens is 314 g/mol. The molecule has 1 nitrogen and oxygen atoms in total. The van der Waals surface area contributed by atoms with Gasteiger partial charge in [-0.2, -0.15) is 0 Å². The third-order valence-corrected chi connectivity index (χ3v) is 4.88. The first-order valence-electron chi connectivity index (χ1n) is 10.2. The van der Waals surface area contributed by atoms with Crippen LogP contribution in [0.2, 0.25) is 0 Å². The van der Waals surface area contributed by atoms with Gasteiger partial charge < -0.3 is 0 Å². The van der Waals surface area contributed by atoms with E-state index in [0.717, 1.165) is 6.42 Å². The molecular formula is C22H40ClN. The molecule has 1 aromatic rings. The summed E-state index contributed by atoms with van der Waals surface area (Å²) in [6, 6.07) is 4.20. The summed E-state index contributed by atoms with van der Waals surface area (Å²) in [5.41, 5.74) is 2.65. The second-order valence-electron chi connectivity index (χ2n) is 7.11. The van der Waals surface area contributed by atoms with E-state index in [2.05, 4.69) is 24.9 Å². The minimum absolute atomic E-state index is 0. The van der Waals surface area contributed by atoms with Gasteiger partial charge >= 0.3 is 0 Å². The highest BCUT2D eigenvalue weighted by Crippen LogP contribution is 2.14. The van der Waals surface area contributed by atoms with Gasteiger partial charge in [-0.15, -0.1) is 12.4 Å². The average Bonchev–Trinajstić information content (AvgIpc) is 2.57. The second kappa shape index (κ2) is 17.3. The molecule has 0 aliphatic heterocycles. The van der Waals surface area contributed by atoms with Crippen molar-refractivity contribution in [1.82, 2.24) is 4.98 Å². The number of rotatable bonds is 15. The summed E-state index contributed by atoms with van der Waals surface area (Å²) in [5.74, 6) is 0. The molecule has 1 rings (SSSR count). The fraction of sp³-hybridized carbons (Fsp3) is 0.773. The van der Waals surface area contributed by atoms with Crippen LogP contribution in [-0.2, 0) is 6.42 Å². The van der Waals surface area contributed by atoms with Crippen LogP contribution in [0.3, 0.4) is 0 Å². The molecule has 0 fully saturated rings. The Morgan fingerprint density at radius 1 is 0.708 bits per heavy atom. The first-order chi connectivity index (χ1) is 11.3. The zero-order valence-electron chi connectivity index (χ0n) is 16.2. The molecule has 0 aliphatic carbocycles. The summed E-state index contributed by atoms with van der Waals surface area (Å²) < 4.78 is 0. The lowest BCUT2D eigenvalue weighted by atomic mass is 10.0. The van der Waals surface area contributed by atoms with Crippen molar-refractivity contribution >= 4 is 12.4 Å². The number of unbranched alkanes of at least 4 members (excludes halogenated alkanes) is 13. The number of aryl methyl sites for hydroxylation is 2. The maximum atomic E-state index is 4.48. The number of hydrogen-bond acceptors (Lipinski definition) is 1. The van der Waals surface area contributed by atoms with E-state index in [1.54, 1.807) is 0 Å². The summed E-state index contributed by atoms with van der Waals surface area (Å²) in [6.07, 6.45) is 23.0. The fourth-order valence-corrected chi connectivity index (χ4v) is 3.27. The quantitative estimate of drug-likeness (QED) is 0.292. The molecule has 0 atom stereocenters. The highest BCUT2D eigenvalue weighted by molar-refractivity contribution is 5.85. The topological polar surface area (TPSA) is 12.9 Å². The molecule has 0 bridgehead atoms. The summed E-state index contributed by atoms with van der Waals surface area (Å²) in [4.78, 5) is 4.48. The molecule has 0 aliphatic rings. The third-order valence-electron chi connectivity index (χ3n) is 4.88. The highest BCUT2D eigenvalue weighted by Gasteiger charge is 1.98. The van der Waals surface area contributed by atoms with Crippen LogP contribution < -0.4 is 0 Å². The largest absolute Gasteiger partial charge is 0.261 e.